The van der Waals surface area contributed by atoms with Gasteiger partial charge in [-0.05, 0) is 24.3 Å². The molecule has 0 bridgehead atoms. The van der Waals surface area contributed by atoms with Crippen LogP contribution in [0.2, 0.25) is 0 Å². The van der Waals surface area contributed by atoms with E-state index in [0.717, 1.165) is 0 Å². The highest BCUT2D eigenvalue weighted by Gasteiger charge is 2.03. The van der Waals surface area contributed by atoms with Crippen LogP contribution in [0.15, 0.2) is 36.4 Å². The topological polar surface area (TPSA) is 111 Å². The molecule has 0 unspecified atom stereocenters. The molecule has 2 aromatic rings. The van der Waals surface area contributed by atoms with E-state index in [1.54, 1.807) is 43.5 Å². The Morgan fingerprint density at radius 1 is 0.909 bits per heavy atom. The summed E-state index contributed by atoms with van der Waals surface area (Å²) in [4.78, 5) is 0. The van der Waals surface area contributed by atoms with E-state index in [9.17, 15) is 10.2 Å². The first-order chi connectivity index (χ1) is 10.6. The predicted molar refractivity (Wildman–Crippen MR) is 85.1 cm³/mol. The molecule has 0 aliphatic carbocycles. The maximum absolute atomic E-state index is 9.38. The van der Waals surface area contributed by atoms with Crippen LogP contribution >= 0.6 is 0 Å². The summed E-state index contributed by atoms with van der Waals surface area (Å²) in [5, 5.41) is 18.6. The number of para-hydroxylation sites is 1. The van der Waals surface area contributed by atoms with Gasteiger partial charge < -0.3 is 31.2 Å². The molecule has 0 saturated heterocycles. The fourth-order valence-electron chi connectivity index (χ4n) is 1.75. The summed E-state index contributed by atoms with van der Waals surface area (Å²) in [5.74, 6) is 1.53. The molecule has 0 fully saturated rings. The quantitative estimate of drug-likeness (QED) is 0.684. The summed E-state index contributed by atoms with van der Waals surface area (Å²) >= 11 is 0. The number of hydrogen-bond acceptors (Lipinski definition) is 6. The van der Waals surface area contributed by atoms with Gasteiger partial charge in [-0.2, -0.15) is 0 Å². The summed E-state index contributed by atoms with van der Waals surface area (Å²) in [7, 11) is 3.09. The van der Waals surface area contributed by atoms with Gasteiger partial charge in [-0.3, -0.25) is 0 Å². The summed E-state index contributed by atoms with van der Waals surface area (Å²) in [6.07, 6.45) is 0. The van der Waals surface area contributed by atoms with Crippen LogP contribution in [0, 0.1) is 0 Å². The van der Waals surface area contributed by atoms with Crippen molar-refractivity contribution < 1.29 is 19.7 Å². The molecule has 6 nitrogen and oxygen atoms in total. The molecule has 0 aromatic heterocycles. The number of benzene rings is 2. The standard InChI is InChI=1S/2C8H11NO2/c1-11-7-2-3-8(10)6(4-7)5-9;1-11-7-4-2-3-6(5-9)8(7)10/h2*2-4,10H,5,9H2,1H3. The molecular formula is C16H22N2O4. The highest BCUT2D eigenvalue weighted by molar-refractivity contribution is 5.45. The van der Waals surface area contributed by atoms with Crippen LogP contribution in [0.5, 0.6) is 23.0 Å². The smallest absolute Gasteiger partial charge is 0.162 e. The van der Waals surface area contributed by atoms with Crippen molar-refractivity contribution in [3.05, 3.63) is 47.5 Å². The molecule has 6 heteroatoms. The summed E-state index contributed by atoms with van der Waals surface area (Å²) in [6, 6.07) is 10.2. The molecule has 2 rings (SSSR count). The normalized spacial score (nSPS) is 9.64. The Bertz CT molecular complexity index is 578. The van der Waals surface area contributed by atoms with Gasteiger partial charge in [-0.15, -0.1) is 0 Å². The number of nitrogens with two attached hydrogens (primary N) is 2. The maximum atomic E-state index is 9.38. The third kappa shape index (κ3) is 4.54. The second kappa shape index (κ2) is 8.76. The minimum atomic E-state index is 0.137. The molecule has 0 spiro atoms. The van der Waals surface area contributed by atoms with Gasteiger partial charge in [-0.1, -0.05) is 12.1 Å². The summed E-state index contributed by atoms with van der Waals surface area (Å²) in [5.41, 5.74) is 12.1. The molecule has 0 saturated carbocycles. The van der Waals surface area contributed by atoms with Gasteiger partial charge in [-0.25, -0.2) is 0 Å². The van der Waals surface area contributed by atoms with E-state index in [-0.39, 0.29) is 11.5 Å². The average molecular weight is 306 g/mol. The van der Waals surface area contributed by atoms with E-state index in [0.29, 0.717) is 35.7 Å². The molecule has 0 aliphatic rings. The van der Waals surface area contributed by atoms with Gasteiger partial charge in [0.25, 0.3) is 0 Å². The maximum Gasteiger partial charge on any atom is 0.162 e. The molecule has 2 aromatic carbocycles. The summed E-state index contributed by atoms with van der Waals surface area (Å²) in [6.45, 7) is 0.645. The van der Waals surface area contributed by atoms with Gasteiger partial charge in [0.15, 0.2) is 11.5 Å². The van der Waals surface area contributed by atoms with E-state index in [4.69, 9.17) is 20.9 Å². The minimum absolute atomic E-state index is 0.137. The van der Waals surface area contributed by atoms with Crippen LogP contribution in [0.4, 0.5) is 0 Å². The highest BCUT2D eigenvalue weighted by atomic mass is 16.5. The first-order valence-corrected chi connectivity index (χ1v) is 6.68. The van der Waals surface area contributed by atoms with E-state index in [2.05, 4.69) is 0 Å². The lowest BCUT2D eigenvalue weighted by atomic mass is 10.2. The van der Waals surface area contributed by atoms with Crippen molar-refractivity contribution in [1.82, 2.24) is 0 Å². The third-order valence-electron chi connectivity index (χ3n) is 3.03. The molecule has 0 atom stereocenters. The zero-order valence-corrected chi connectivity index (χ0v) is 12.7. The Morgan fingerprint density at radius 2 is 1.59 bits per heavy atom. The number of ether oxygens (including phenoxy) is 2. The van der Waals surface area contributed by atoms with Crippen molar-refractivity contribution in [3.63, 3.8) is 0 Å². The van der Waals surface area contributed by atoms with E-state index in [1.165, 1.54) is 7.11 Å². The van der Waals surface area contributed by atoms with Crippen LogP contribution in [0.25, 0.3) is 0 Å². The van der Waals surface area contributed by atoms with E-state index < -0.39 is 0 Å². The van der Waals surface area contributed by atoms with Gasteiger partial charge in [0.1, 0.15) is 11.5 Å². The fraction of sp³-hybridized carbons (Fsp3) is 0.250. The zero-order valence-electron chi connectivity index (χ0n) is 12.7. The monoisotopic (exact) mass is 306 g/mol. The SMILES string of the molecule is COc1ccc(O)c(CN)c1.COc1cccc(CN)c1O. The Morgan fingerprint density at radius 3 is 2.14 bits per heavy atom. The molecule has 22 heavy (non-hydrogen) atoms. The number of aromatic hydroxyl groups is 2. The minimum Gasteiger partial charge on any atom is -0.508 e. The van der Waals surface area contributed by atoms with Crippen molar-refractivity contribution in [2.75, 3.05) is 14.2 Å². The largest absolute Gasteiger partial charge is 0.508 e. The number of phenolic OH excluding ortho intramolecular Hbond substituents is 2. The second-order valence-corrected chi connectivity index (χ2v) is 4.37. The van der Waals surface area contributed by atoms with Crippen molar-refractivity contribution in [3.8, 4) is 23.0 Å². The van der Waals surface area contributed by atoms with E-state index in [1.807, 2.05) is 0 Å². The van der Waals surface area contributed by atoms with Crippen molar-refractivity contribution in [2.45, 2.75) is 13.1 Å². The van der Waals surface area contributed by atoms with Crippen LogP contribution in [0.1, 0.15) is 11.1 Å². The Labute approximate surface area is 129 Å². The van der Waals surface area contributed by atoms with Gasteiger partial charge in [0, 0.05) is 24.2 Å². The molecule has 0 amide bonds. The Hall–Kier alpha value is -2.44. The fourth-order valence-corrected chi connectivity index (χ4v) is 1.75. The van der Waals surface area contributed by atoms with Crippen molar-refractivity contribution >= 4 is 0 Å². The first-order valence-electron chi connectivity index (χ1n) is 6.68. The first kappa shape index (κ1) is 17.6. The number of hydrogen-bond donors (Lipinski definition) is 4. The lowest BCUT2D eigenvalue weighted by molar-refractivity contribution is 0.370. The van der Waals surface area contributed by atoms with Crippen LogP contribution in [0.3, 0.4) is 0 Å². The molecule has 6 N–H and O–H groups in total. The van der Waals surface area contributed by atoms with Gasteiger partial charge in [0.2, 0.25) is 0 Å². The van der Waals surface area contributed by atoms with Crippen molar-refractivity contribution in [1.29, 1.82) is 0 Å². The second-order valence-electron chi connectivity index (χ2n) is 4.37. The van der Waals surface area contributed by atoms with Gasteiger partial charge >= 0.3 is 0 Å². The number of rotatable bonds is 4. The third-order valence-corrected chi connectivity index (χ3v) is 3.03. The lowest BCUT2D eigenvalue weighted by Gasteiger charge is -2.05. The Balaban J connectivity index is 0.000000220. The lowest BCUT2D eigenvalue weighted by Crippen LogP contribution is -1.97. The van der Waals surface area contributed by atoms with E-state index >= 15 is 0 Å². The summed E-state index contributed by atoms with van der Waals surface area (Å²) < 4.78 is 9.83. The highest BCUT2D eigenvalue weighted by Crippen LogP contribution is 2.28. The van der Waals surface area contributed by atoms with Crippen LogP contribution in [-0.2, 0) is 13.1 Å². The van der Waals surface area contributed by atoms with Crippen LogP contribution < -0.4 is 20.9 Å². The Kier molecular flexibility index (Phi) is 7.01. The average Bonchev–Trinajstić information content (AvgIpc) is 2.56. The van der Waals surface area contributed by atoms with Crippen molar-refractivity contribution in [2.24, 2.45) is 11.5 Å². The van der Waals surface area contributed by atoms with Crippen LogP contribution in [-0.4, -0.2) is 24.4 Å². The molecule has 120 valence electrons. The molecule has 0 radical (unpaired) electrons. The molecule has 0 aliphatic heterocycles. The zero-order chi connectivity index (χ0) is 16.5. The molecular weight excluding hydrogens is 284 g/mol. The number of methoxy groups -OCH3 is 2. The number of phenols is 2. The predicted octanol–water partition coefficient (Wildman–Crippen LogP) is 1.72. The van der Waals surface area contributed by atoms with Gasteiger partial charge in [0.05, 0.1) is 14.2 Å². The molecule has 0 heterocycles.